The molecule has 3 rings (SSSR count). The van der Waals surface area contributed by atoms with Gasteiger partial charge in [-0.3, -0.25) is 9.69 Å². The third-order valence-corrected chi connectivity index (χ3v) is 4.14. The topological polar surface area (TPSA) is 69.6 Å². The number of nitrogens with zero attached hydrogens (tertiary/aromatic N) is 1. The molecule has 0 saturated carbocycles. The number of anilines is 1. The largest absolute Gasteiger partial charge is 0.480 e. The smallest absolute Gasteiger partial charge is 0.327 e. The minimum Gasteiger partial charge on any atom is -0.480 e. The summed E-state index contributed by atoms with van der Waals surface area (Å²) in [5, 5.41) is 12.6. The molecule has 5 nitrogen and oxygen atoms in total. The highest BCUT2D eigenvalue weighted by Gasteiger charge is 2.40. The van der Waals surface area contributed by atoms with Crippen LogP contribution in [-0.2, 0) is 16.0 Å². The van der Waals surface area contributed by atoms with E-state index in [1.807, 2.05) is 24.3 Å². The van der Waals surface area contributed by atoms with Crippen molar-refractivity contribution in [3.05, 3.63) is 29.8 Å². The number of hydrogen-bond donors (Lipinski definition) is 2. The second-order valence-corrected chi connectivity index (χ2v) is 5.44. The van der Waals surface area contributed by atoms with E-state index < -0.39 is 12.0 Å². The lowest BCUT2D eigenvalue weighted by atomic mass is 9.97. The molecular formula is C15H18N2O3. The molecule has 0 aromatic heterocycles. The third kappa shape index (κ3) is 2.18. The minimum absolute atomic E-state index is 0.0606. The quantitative estimate of drug-likeness (QED) is 0.845. The van der Waals surface area contributed by atoms with E-state index in [2.05, 4.69) is 5.32 Å². The Hall–Kier alpha value is -1.88. The van der Waals surface area contributed by atoms with Crippen molar-refractivity contribution in [3.8, 4) is 0 Å². The van der Waals surface area contributed by atoms with Gasteiger partial charge in [-0.05, 0) is 31.0 Å². The Morgan fingerprint density at radius 2 is 2.10 bits per heavy atom. The molecule has 2 aliphatic rings. The molecule has 0 bridgehead atoms. The molecule has 1 aromatic carbocycles. The zero-order valence-corrected chi connectivity index (χ0v) is 11.2. The van der Waals surface area contributed by atoms with Gasteiger partial charge in [0.1, 0.15) is 6.04 Å². The van der Waals surface area contributed by atoms with Gasteiger partial charge in [0.25, 0.3) is 0 Å². The van der Waals surface area contributed by atoms with Crippen LogP contribution in [0.1, 0.15) is 18.4 Å². The highest BCUT2D eigenvalue weighted by atomic mass is 16.4. The zero-order valence-electron chi connectivity index (χ0n) is 11.2. The number of para-hydroxylation sites is 1. The number of amides is 1. The molecule has 5 heteroatoms. The number of aliphatic carboxylic acids is 1. The van der Waals surface area contributed by atoms with Gasteiger partial charge < -0.3 is 10.4 Å². The van der Waals surface area contributed by atoms with E-state index in [1.165, 1.54) is 4.90 Å². The summed E-state index contributed by atoms with van der Waals surface area (Å²) in [7, 11) is 0. The molecule has 106 valence electrons. The molecule has 0 aliphatic carbocycles. The number of nitrogens with one attached hydrogen (secondary N) is 1. The van der Waals surface area contributed by atoms with Gasteiger partial charge in [-0.2, -0.15) is 0 Å². The third-order valence-electron chi connectivity index (χ3n) is 4.14. The first-order chi connectivity index (χ1) is 9.68. The molecule has 1 amide bonds. The number of carboxylic acids is 1. The van der Waals surface area contributed by atoms with E-state index in [4.69, 9.17) is 0 Å². The summed E-state index contributed by atoms with van der Waals surface area (Å²) in [6.45, 7) is 1.58. The molecule has 1 fully saturated rings. The molecule has 2 aliphatic heterocycles. The molecular weight excluding hydrogens is 256 g/mol. The van der Waals surface area contributed by atoms with Gasteiger partial charge in [0, 0.05) is 18.7 Å². The summed E-state index contributed by atoms with van der Waals surface area (Å²) >= 11 is 0. The number of fused-ring (bicyclic) bond motifs is 1. The molecule has 2 atom stereocenters. The SMILES string of the molecule is O=C(O)[C@@H]1Cc2ccccc2N1C(=O)[C@@H]1CCCNC1. The summed E-state index contributed by atoms with van der Waals surface area (Å²) in [5.74, 6) is -1.11. The van der Waals surface area contributed by atoms with Crippen molar-refractivity contribution in [2.75, 3.05) is 18.0 Å². The van der Waals surface area contributed by atoms with Crippen molar-refractivity contribution in [3.63, 3.8) is 0 Å². The van der Waals surface area contributed by atoms with Crippen LogP contribution in [0.3, 0.4) is 0 Å². The molecule has 1 aromatic rings. The monoisotopic (exact) mass is 274 g/mol. The van der Waals surface area contributed by atoms with Crippen LogP contribution in [0.25, 0.3) is 0 Å². The molecule has 2 N–H and O–H groups in total. The number of benzene rings is 1. The molecule has 0 unspecified atom stereocenters. The Kier molecular flexibility index (Phi) is 3.44. The number of piperidine rings is 1. The number of carbonyl (C=O) groups is 2. The standard InChI is InChI=1S/C15H18N2O3/c18-14(11-5-3-7-16-9-11)17-12-6-2-1-4-10(12)8-13(17)15(19)20/h1-2,4,6,11,13,16H,3,5,7-9H2,(H,19,20)/t11-,13+/m1/s1. The van der Waals surface area contributed by atoms with Gasteiger partial charge in [-0.15, -0.1) is 0 Å². The van der Waals surface area contributed by atoms with Crippen LogP contribution in [0.2, 0.25) is 0 Å². The maximum Gasteiger partial charge on any atom is 0.327 e. The predicted octanol–water partition coefficient (Wildman–Crippen LogP) is 1.03. The van der Waals surface area contributed by atoms with E-state index >= 15 is 0 Å². The van der Waals surface area contributed by atoms with Gasteiger partial charge in [0.15, 0.2) is 0 Å². The first-order valence-corrected chi connectivity index (χ1v) is 7.03. The van der Waals surface area contributed by atoms with E-state index in [-0.39, 0.29) is 11.8 Å². The highest BCUT2D eigenvalue weighted by Crippen LogP contribution is 2.34. The van der Waals surface area contributed by atoms with Crippen molar-refractivity contribution in [2.24, 2.45) is 5.92 Å². The number of carboxylic acid groups (broad SMARTS) is 1. The molecule has 0 spiro atoms. The molecule has 20 heavy (non-hydrogen) atoms. The second-order valence-electron chi connectivity index (χ2n) is 5.44. The van der Waals surface area contributed by atoms with Crippen LogP contribution < -0.4 is 10.2 Å². The normalized spacial score (nSPS) is 25.3. The first-order valence-electron chi connectivity index (χ1n) is 7.03. The van der Waals surface area contributed by atoms with Crippen molar-refractivity contribution in [2.45, 2.75) is 25.3 Å². The van der Waals surface area contributed by atoms with Gasteiger partial charge in [0.2, 0.25) is 5.91 Å². The van der Waals surface area contributed by atoms with E-state index in [0.717, 1.165) is 30.6 Å². The summed E-state index contributed by atoms with van der Waals surface area (Å²) in [6, 6.07) is 6.71. The fourth-order valence-electron chi connectivity index (χ4n) is 3.12. The predicted molar refractivity (Wildman–Crippen MR) is 74.6 cm³/mol. The van der Waals surface area contributed by atoms with Crippen molar-refractivity contribution in [1.82, 2.24) is 5.32 Å². The summed E-state index contributed by atoms with van der Waals surface area (Å²) in [5.41, 5.74) is 1.70. The minimum atomic E-state index is -0.932. The van der Waals surface area contributed by atoms with Gasteiger partial charge >= 0.3 is 5.97 Å². The van der Waals surface area contributed by atoms with Crippen LogP contribution in [0.4, 0.5) is 5.69 Å². The number of rotatable bonds is 2. The lowest BCUT2D eigenvalue weighted by Gasteiger charge is -2.29. The summed E-state index contributed by atoms with van der Waals surface area (Å²) in [4.78, 5) is 25.7. The van der Waals surface area contributed by atoms with Gasteiger partial charge in [-0.25, -0.2) is 4.79 Å². The lowest BCUT2D eigenvalue weighted by Crippen LogP contribution is -2.48. The fourth-order valence-corrected chi connectivity index (χ4v) is 3.12. The average molecular weight is 274 g/mol. The van der Waals surface area contributed by atoms with Crippen molar-refractivity contribution < 1.29 is 14.7 Å². The Morgan fingerprint density at radius 3 is 2.80 bits per heavy atom. The fraction of sp³-hybridized carbons (Fsp3) is 0.467. The summed E-state index contributed by atoms with van der Waals surface area (Å²) in [6.07, 6.45) is 2.19. The van der Waals surface area contributed by atoms with Gasteiger partial charge in [0.05, 0.1) is 5.92 Å². The first kappa shape index (κ1) is 13.1. The van der Waals surface area contributed by atoms with E-state index in [1.54, 1.807) is 0 Å². The van der Waals surface area contributed by atoms with Gasteiger partial charge in [-0.1, -0.05) is 18.2 Å². The maximum atomic E-state index is 12.7. The van der Waals surface area contributed by atoms with Crippen LogP contribution in [0.5, 0.6) is 0 Å². The Labute approximate surface area is 117 Å². The van der Waals surface area contributed by atoms with Crippen molar-refractivity contribution in [1.29, 1.82) is 0 Å². The highest BCUT2D eigenvalue weighted by molar-refractivity contribution is 6.03. The molecule has 2 heterocycles. The van der Waals surface area contributed by atoms with Crippen LogP contribution in [-0.4, -0.2) is 36.1 Å². The molecule has 1 saturated heterocycles. The summed E-state index contributed by atoms with van der Waals surface area (Å²) < 4.78 is 0. The Morgan fingerprint density at radius 1 is 1.30 bits per heavy atom. The Bertz CT molecular complexity index is 538. The van der Waals surface area contributed by atoms with Crippen molar-refractivity contribution >= 4 is 17.6 Å². The van der Waals surface area contributed by atoms with E-state index in [9.17, 15) is 14.7 Å². The van der Waals surface area contributed by atoms with Crippen LogP contribution >= 0.6 is 0 Å². The average Bonchev–Trinajstić information content (AvgIpc) is 2.87. The van der Waals surface area contributed by atoms with E-state index in [0.29, 0.717) is 13.0 Å². The second kappa shape index (κ2) is 5.25. The molecule has 0 radical (unpaired) electrons. The zero-order chi connectivity index (χ0) is 14.1. The van der Waals surface area contributed by atoms with Crippen LogP contribution in [0.15, 0.2) is 24.3 Å². The Balaban J connectivity index is 1.91. The number of hydrogen-bond acceptors (Lipinski definition) is 3. The maximum absolute atomic E-state index is 12.7. The number of carbonyl (C=O) groups excluding carboxylic acids is 1. The van der Waals surface area contributed by atoms with Crippen LogP contribution in [0, 0.1) is 5.92 Å². The lowest BCUT2D eigenvalue weighted by molar-refractivity contribution is -0.140.